The topological polar surface area (TPSA) is 68.0 Å². The average Bonchev–Trinajstić information content (AvgIpc) is 2.51. The fraction of sp³-hybridized carbons (Fsp3) is 0.562. The quantitative estimate of drug-likeness (QED) is 0.627. The van der Waals surface area contributed by atoms with Gasteiger partial charge in [-0.1, -0.05) is 33.8 Å². The van der Waals surface area contributed by atoms with Crippen LogP contribution in [0.5, 0.6) is 0 Å². The van der Waals surface area contributed by atoms with Gasteiger partial charge in [-0.25, -0.2) is 4.98 Å². The molecule has 0 spiro atoms. The average molecular weight is 303 g/mol. The Kier molecular flexibility index (Phi) is 5.49. The maximum atomic E-state index is 12.0. The molecular weight excluding hydrogens is 278 g/mol. The molecule has 0 atom stereocenters. The van der Waals surface area contributed by atoms with Crippen molar-refractivity contribution in [2.45, 2.75) is 33.6 Å². The van der Waals surface area contributed by atoms with Gasteiger partial charge in [-0.15, -0.1) is 0 Å². The fourth-order valence-electron chi connectivity index (χ4n) is 2.37. The van der Waals surface area contributed by atoms with Gasteiger partial charge in [-0.3, -0.25) is 0 Å². The standard InChI is InChI=1S/C16H25N5O/c1-5-20(6-2)10-9-17-16-18-14-11-13(12(3)4)7-8-15(14)21(22)19-16/h7-8,11-12H,5-6,9-10H2,1-4H3,(H,17,18,19). The van der Waals surface area contributed by atoms with Crippen LogP contribution in [0.3, 0.4) is 0 Å². The van der Waals surface area contributed by atoms with Gasteiger partial charge >= 0.3 is 0 Å². The lowest BCUT2D eigenvalue weighted by molar-refractivity contribution is -0.641. The Bertz CT molecular complexity index is 625. The van der Waals surface area contributed by atoms with Crippen LogP contribution in [0.15, 0.2) is 18.2 Å². The number of hydrogen-bond acceptors (Lipinski definition) is 5. The minimum atomic E-state index is 0.385. The zero-order chi connectivity index (χ0) is 16.1. The van der Waals surface area contributed by atoms with Gasteiger partial charge in [0.15, 0.2) is 0 Å². The molecule has 1 N–H and O–H groups in total. The second-order valence-electron chi connectivity index (χ2n) is 5.66. The number of aromatic nitrogens is 3. The van der Waals surface area contributed by atoms with Crippen molar-refractivity contribution in [3.8, 4) is 0 Å². The third kappa shape index (κ3) is 3.82. The van der Waals surface area contributed by atoms with Gasteiger partial charge in [0.1, 0.15) is 5.52 Å². The number of nitrogens with one attached hydrogen (secondary N) is 1. The Labute approximate surface area is 131 Å². The third-order valence-corrected chi connectivity index (χ3v) is 3.89. The monoisotopic (exact) mass is 303 g/mol. The molecule has 2 aromatic rings. The van der Waals surface area contributed by atoms with E-state index in [9.17, 15) is 5.21 Å². The smallest absolute Gasteiger partial charge is 0.290 e. The van der Waals surface area contributed by atoms with Crippen molar-refractivity contribution in [3.63, 3.8) is 0 Å². The predicted molar refractivity (Wildman–Crippen MR) is 88.9 cm³/mol. The number of anilines is 1. The van der Waals surface area contributed by atoms with E-state index in [0.29, 0.717) is 27.7 Å². The van der Waals surface area contributed by atoms with Crippen LogP contribution in [-0.4, -0.2) is 41.2 Å². The summed E-state index contributed by atoms with van der Waals surface area (Å²) in [5, 5.41) is 19.1. The van der Waals surface area contributed by atoms with E-state index < -0.39 is 0 Å². The van der Waals surface area contributed by atoms with Crippen LogP contribution in [0.4, 0.5) is 5.95 Å². The highest BCUT2D eigenvalue weighted by molar-refractivity contribution is 5.72. The minimum Gasteiger partial charge on any atom is -0.594 e. The minimum absolute atomic E-state index is 0.385. The highest BCUT2D eigenvalue weighted by atomic mass is 16.5. The maximum Gasteiger partial charge on any atom is 0.290 e. The van der Waals surface area contributed by atoms with E-state index in [0.717, 1.165) is 26.2 Å². The molecule has 0 radical (unpaired) electrons. The summed E-state index contributed by atoms with van der Waals surface area (Å²) < 4.78 is 0. The first-order valence-corrected chi connectivity index (χ1v) is 7.92. The van der Waals surface area contributed by atoms with Gasteiger partial charge in [0, 0.05) is 19.2 Å². The van der Waals surface area contributed by atoms with Crippen LogP contribution < -0.4 is 10.2 Å². The summed E-state index contributed by atoms with van der Waals surface area (Å²) in [7, 11) is 0. The molecular formula is C16H25N5O. The molecule has 0 amide bonds. The molecule has 0 bridgehead atoms. The molecule has 1 heterocycles. The molecule has 0 aliphatic heterocycles. The summed E-state index contributed by atoms with van der Waals surface area (Å²) in [6, 6.07) is 5.71. The largest absolute Gasteiger partial charge is 0.594 e. The number of hydrogen-bond donors (Lipinski definition) is 1. The van der Waals surface area contributed by atoms with E-state index >= 15 is 0 Å². The fourth-order valence-corrected chi connectivity index (χ4v) is 2.37. The first-order valence-electron chi connectivity index (χ1n) is 7.92. The summed E-state index contributed by atoms with van der Waals surface area (Å²) >= 11 is 0. The first kappa shape index (κ1) is 16.4. The van der Waals surface area contributed by atoms with Crippen molar-refractivity contribution in [1.29, 1.82) is 0 Å². The summed E-state index contributed by atoms with van der Waals surface area (Å²) in [5.41, 5.74) is 2.35. The highest BCUT2D eigenvalue weighted by Crippen LogP contribution is 2.18. The van der Waals surface area contributed by atoms with Crippen molar-refractivity contribution in [2.24, 2.45) is 0 Å². The van der Waals surface area contributed by atoms with Gasteiger partial charge in [0.25, 0.3) is 11.5 Å². The number of fused-ring (bicyclic) bond motifs is 1. The van der Waals surface area contributed by atoms with Gasteiger partial charge in [0.05, 0.1) is 5.10 Å². The van der Waals surface area contributed by atoms with E-state index in [1.54, 1.807) is 6.07 Å². The lowest BCUT2D eigenvalue weighted by atomic mass is 10.0. The Morgan fingerprint density at radius 1 is 1.27 bits per heavy atom. The van der Waals surface area contributed by atoms with E-state index in [-0.39, 0.29) is 0 Å². The molecule has 120 valence electrons. The predicted octanol–water partition coefficient (Wildman–Crippen LogP) is 2.14. The van der Waals surface area contributed by atoms with Crippen molar-refractivity contribution >= 4 is 17.0 Å². The van der Waals surface area contributed by atoms with Crippen LogP contribution in [0, 0.1) is 5.21 Å². The molecule has 0 fully saturated rings. The maximum absolute atomic E-state index is 12.0. The van der Waals surface area contributed by atoms with Crippen LogP contribution in [0.2, 0.25) is 0 Å². The Morgan fingerprint density at radius 3 is 2.64 bits per heavy atom. The lowest BCUT2D eigenvalue weighted by Crippen LogP contribution is -2.35. The molecule has 22 heavy (non-hydrogen) atoms. The van der Waals surface area contributed by atoms with Crippen LogP contribution in [0.1, 0.15) is 39.2 Å². The SMILES string of the molecule is CCN(CC)CCNc1nc2cc(C(C)C)ccc2[n+]([O-])n1. The third-order valence-electron chi connectivity index (χ3n) is 3.89. The van der Waals surface area contributed by atoms with E-state index in [1.807, 2.05) is 12.1 Å². The number of likely N-dealkylation sites (N-methyl/N-ethyl adjacent to an activating group) is 1. The Morgan fingerprint density at radius 2 is 2.00 bits per heavy atom. The molecule has 2 rings (SSSR count). The molecule has 0 unspecified atom stereocenters. The summed E-state index contributed by atoms with van der Waals surface area (Å²) in [6.07, 6.45) is 0. The van der Waals surface area contributed by atoms with Crippen LogP contribution in [-0.2, 0) is 0 Å². The first-order chi connectivity index (χ1) is 10.5. The summed E-state index contributed by atoms with van der Waals surface area (Å²) in [5.74, 6) is 0.786. The zero-order valence-corrected chi connectivity index (χ0v) is 13.8. The van der Waals surface area contributed by atoms with E-state index in [1.165, 1.54) is 5.56 Å². The number of benzene rings is 1. The van der Waals surface area contributed by atoms with Gasteiger partial charge in [-0.2, -0.15) is 0 Å². The van der Waals surface area contributed by atoms with Crippen molar-refractivity contribution in [2.75, 3.05) is 31.5 Å². The molecule has 6 nitrogen and oxygen atoms in total. The number of rotatable bonds is 7. The number of nitrogens with zero attached hydrogens (tertiary/aromatic N) is 4. The molecule has 0 saturated heterocycles. The second-order valence-corrected chi connectivity index (χ2v) is 5.66. The summed E-state index contributed by atoms with van der Waals surface area (Å²) in [6.45, 7) is 12.2. The highest BCUT2D eigenvalue weighted by Gasteiger charge is 2.12. The van der Waals surface area contributed by atoms with Crippen molar-refractivity contribution in [1.82, 2.24) is 15.0 Å². The Balaban J connectivity index is 2.17. The normalized spacial score (nSPS) is 11.5. The molecule has 6 heteroatoms. The lowest BCUT2D eigenvalue weighted by Gasteiger charge is -2.17. The molecule has 0 saturated carbocycles. The molecule has 0 aliphatic carbocycles. The zero-order valence-electron chi connectivity index (χ0n) is 13.8. The molecule has 0 aliphatic rings. The van der Waals surface area contributed by atoms with Crippen molar-refractivity contribution in [3.05, 3.63) is 29.0 Å². The van der Waals surface area contributed by atoms with Gasteiger partial charge in [-0.05, 0) is 35.5 Å². The van der Waals surface area contributed by atoms with Gasteiger partial charge in [0.2, 0.25) is 0 Å². The molecule has 1 aromatic carbocycles. The second kappa shape index (κ2) is 7.35. The van der Waals surface area contributed by atoms with E-state index in [4.69, 9.17) is 0 Å². The van der Waals surface area contributed by atoms with Gasteiger partial charge < -0.3 is 15.4 Å². The Hall–Kier alpha value is -1.95. The van der Waals surface area contributed by atoms with Crippen molar-refractivity contribution < 1.29 is 4.85 Å². The van der Waals surface area contributed by atoms with E-state index in [2.05, 4.69) is 48.0 Å². The molecule has 1 aromatic heterocycles. The van der Waals surface area contributed by atoms with Crippen LogP contribution in [0.25, 0.3) is 11.0 Å². The summed E-state index contributed by atoms with van der Waals surface area (Å²) in [4.78, 5) is 7.41. The van der Waals surface area contributed by atoms with Crippen LogP contribution >= 0.6 is 0 Å².